The van der Waals surface area contributed by atoms with Crippen LogP contribution >= 0.6 is 0 Å². The van der Waals surface area contributed by atoms with Crippen LogP contribution in [0.25, 0.3) is 17.2 Å². The van der Waals surface area contributed by atoms with Crippen LogP contribution in [0.15, 0.2) is 40.2 Å². The molecule has 3 aromatic rings. The summed E-state index contributed by atoms with van der Waals surface area (Å²) < 4.78 is 65.4. The van der Waals surface area contributed by atoms with Crippen molar-refractivity contribution in [1.82, 2.24) is 19.2 Å². The molecule has 0 amide bonds. The van der Waals surface area contributed by atoms with Crippen LogP contribution in [0, 0.1) is 0 Å². The zero-order valence-electron chi connectivity index (χ0n) is 13.6. The molecular formula is C15H13F3N4O3S. The minimum atomic E-state index is -4.70. The van der Waals surface area contributed by atoms with Gasteiger partial charge in [0.25, 0.3) is 5.56 Å². The van der Waals surface area contributed by atoms with Gasteiger partial charge in [-0.2, -0.15) is 17.7 Å². The molecule has 0 N–H and O–H groups in total. The van der Waals surface area contributed by atoms with Gasteiger partial charge in [0.1, 0.15) is 5.69 Å². The van der Waals surface area contributed by atoms with E-state index in [1.807, 2.05) is 0 Å². The van der Waals surface area contributed by atoms with Gasteiger partial charge in [-0.1, -0.05) is 6.92 Å². The van der Waals surface area contributed by atoms with Gasteiger partial charge in [-0.05, 0) is 18.2 Å². The molecule has 11 heteroatoms. The lowest BCUT2D eigenvalue weighted by Crippen LogP contribution is -2.21. The molecule has 0 radical (unpaired) electrons. The van der Waals surface area contributed by atoms with E-state index in [1.165, 1.54) is 37.0 Å². The summed E-state index contributed by atoms with van der Waals surface area (Å²) in [5.74, 6) is -0.220. The van der Waals surface area contributed by atoms with E-state index in [-0.39, 0.29) is 27.8 Å². The number of aryl methyl sites for hydroxylation is 1. The molecule has 0 saturated heterocycles. The number of hydrogen-bond acceptors (Lipinski definition) is 5. The molecule has 3 rings (SSSR count). The maximum atomic E-state index is 12.9. The molecule has 0 saturated carbocycles. The molecule has 0 spiro atoms. The average Bonchev–Trinajstić information content (AvgIpc) is 2.91. The third-order valence-corrected chi connectivity index (χ3v) is 5.60. The number of alkyl halides is 3. The van der Waals surface area contributed by atoms with E-state index in [1.54, 1.807) is 0 Å². The molecule has 0 unspecified atom stereocenters. The lowest BCUT2D eigenvalue weighted by atomic mass is 10.2. The monoisotopic (exact) mass is 386 g/mol. The highest BCUT2D eigenvalue weighted by atomic mass is 32.2. The van der Waals surface area contributed by atoms with Crippen LogP contribution in [0.5, 0.6) is 0 Å². The van der Waals surface area contributed by atoms with Crippen LogP contribution in [0.2, 0.25) is 0 Å². The third kappa shape index (κ3) is 2.87. The third-order valence-electron chi connectivity index (χ3n) is 3.84. The van der Waals surface area contributed by atoms with E-state index >= 15 is 0 Å². The van der Waals surface area contributed by atoms with Gasteiger partial charge < -0.3 is 0 Å². The fraction of sp³-hybridized carbons (Fsp3) is 0.267. The van der Waals surface area contributed by atoms with E-state index in [4.69, 9.17) is 0 Å². The van der Waals surface area contributed by atoms with E-state index in [2.05, 4.69) is 9.97 Å². The van der Waals surface area contributed by atoms with Crippen LogP contribution in [0.4, 0.5) is 13.2 Å². The first-order valence-electron chi connectivity index (χ1n) is 7.41. The highest BCUT2D eigenvalue weighted by Gasteiger charge is 2.32. The second-order valence-corrected chi connectivity index (χ2v) is 7.71. The Balaban J connectivity index is 2.34. The number of nitrogens with zero attached hydrogens (tertiary/aromatic N) is 4. The van der Waals surface area contributed by atoms with Crippen LogP contribution in [-0.4, -0.2) is 33.3 Å². The Morgan fingerprint density at radius 1 is 1.23 bits per heavy atom. The predicted molar refractivity (Wildman–Crippen MR) is 86.4 cm³/mol. The second-order valence-electron chi connectivity index (χ2n) is 5.46. The predicted octanol–water partition coefficient (Wildman–Crippen LogP) is 1.91. The normalized spacial score (nSPS) is 12.7. The summed E-state index contributed by atoms with van der Waals surface area (Å²) in [7, 11) is -2.27. The summed E-state index contributed by atoms with van der Waals surface area (Å²) in [6.45, 7) is 1.46. The number of rotatable bonds is 3. The van der Waals surface area contributed by atoms with Gasteiger partial charge >= 0.3 is 6.18 Å². The first kappa shape index (κ1) is 18.1. The van der Waals surface area contributed by atoms with Crippen molar-refractivity contribution in [3.8, 4) is 11.5 Å². The Labute approximate surface area is 145 Å². The van der Waals surface area contributed by atoms with E-state index < -0.39 is 27.1 Å². The van der Waals surface area contributed by atoms with Crippen molar-refractivity contribution in [2.24, 2.45) is 7.05 Å². The molecule has 0 atom stereocenters. The highest BCUT2D eigenvalue weighted by molar-refractivity contribution is 7.91. The van der Waals surface area contributed by atoms with E-state index in [0.29, 0.717) is 6.07 Å². The molecule has 0 aliphatic carbocycles. The zero-order valence-corrected chi connectivity index (χ0v) is 14.5. The molecule has 26 heavy (non-hydrogen) atoms. The van der Waals surface area contributed by atoms with Crippen molar-refractivity contribution in [1.29, 1.82) is 0 Å². The number of sulfone groups is 1. The topological polar surface area (TPSA) is 86.3 Å². The molecule has 0 aromatic carbocycles. The molecule has 0 aliphatic heterocycles. The largest absolute Gasteiger partial charge is 0.416 e. The molecule has 0 aliphatic rings. The van der Waals surface area contributed by atoms with Crippen molar-refractivity contribution in [3.63, 3.8) is 0 Å². The lowest BCUT2D eigenvalue weighted by Gasteiger charge is -2.08. The molecule has 7 nitrogen and oxygen atoms in total. The van der Waals surface area contributed by atoms with Crippen molar-refractivity contribution in [2.75, 3.05) is 5.75 Å². The van der Waals surface area contributed by atoms with Gasteiger partial charge in [0.15, 0.2) is 21.3 Å². The summed E-state index contributed by atoms with van der Waals surface area (Å²) in [4.78, 5) is 20.1. The number of pyridine rings is 2. The fourth-order valence-corrected chi connectivity index (χ4v) is 3.58. The smallest absolute Gasteiger partial charge is 0.267 e. The molecule has 0 fully saturated rings. The Bertz CT molecular complexity index is 1160. The van der Waals surface area contributed by atoms with Gasteiger partial charge in [-0.15, -0.1) is 0 Å². The number of halogens is 3. The van der Waals surface area contributed by atoms with Crippen LogP contribution in [0.1, 0.15) is 12.5 Å². The molecule has 3 heterocycles. The maximum Gasteiger partial charge on any atom is 0.416 e. The van der Waals surface area contributed by atoms with Crippen LogP contribution in [0.3, 0.4) is 0 Å². The maximum absolute atomic E-state index is 12.9. The van der Waals surface area contributed by atoms with Gasteiger partial charge in [0.2, 0.25) is 0 Å². The first-order valence-corrected chi connectivity index (χ1v) is 9.06. The minimum Gasteiger partial charge on any atom is -0.267 e. The van der Waals surface area contributed by atoms with Gasteiger partial charge in [-0.3, -0.25) is 14.5 Å². The van der Waals surface area contributed by atoms with Gasteiger partial charge in [0.05, 0.1) is 16.2 Å². The standard InChI is InChI=1S/C15H13F3N4O3S/c1-3-26(24,25)10-5-4-6-19-13(10)14-20-11-7-9(15(16,17)18)8-12(23)22(11)21(14)2/h4-8H,3H2,1-2H3. The summed E-state index contributed by atoms with van der Waals surface area (Å²) in [6.07, 6.45) is -3.36. The molecule has 138 valence electrons. The van der Waals surface area contributed by atoms with Crippen molar-refractivity contribution >= 4 is 15.5 Å². The highest BCUT2D eigenvalue weighted by Crippen LogP contribution is 2.30. The Hall–Kier alpha value is -2.69. The summed E-state index contributed by atoms with van der Waals surface area (Å²) in [5.41, 5.74) is -2.36. The number of fused-ring (bicyclic) bond motifs is 1. The SMILES string of the molecule is CCS(=O)(=O)c1cccnc1-c1nc2cc(C(F)(F)F)cc(=O)n2n1C. The van der Waals surface area contributed by atoms with Gasteiger partial charge in [-0.25, -0.2) is 13.4 Å². The summed E-state index contributed by atoms with van der Waals surface area (Å²) >= 11 is 0. The fourth-order valence-electron chi connectivity index (χ4n) is 2.54. The molecule has 0 bridgehead atoms. The zero-order chi connectivity index (χ0) is 19.3. The van der Waals surface area contributed by atoms with Gasteiger partial charge in [0, 0.05) is 19.3 Å². The molecular weight excluding hydrogens is 373 g/mol. The lowest BCUT2D eigenvalue weighted by molar-refractivity contribution is -0.137. The quantitative estimate of drug-likeness (QED) is 0.686. The number of hydrogen-bond donors (Lipinski definition) is 0. The summed E-state index contributed by atoms with van der Waals surface area (Å²) in [5, 5.41) is 0. The van der Waals surface area contributed by atoms with Crippen LogP contribution in [-0.2, 0) is 23.1 Å². The summed E-state index contributed by atoms with van der Waals surface area (Å²) in [6, 6.07) is 3.95. The Morgan fingerprint density at radius 3 is 2.54 bits per heavy atom. The Morgan fingerprint density at radius 2 is 1.92 bits per heavy atom. The minimum absolute atomic E-state index is 0.0333. The number of aromatic nitrogens is 4. The van der Waals surface area contributed by atoms with Crippen molar-refractivity contribution in [2.45, 2.75) is 18.0 Å². The van der Waals surface area contributed by atoms with Crippen molar-refractivity contribution < 1.29 is 21.6 Å². The first-order chi connectivity index (χ1) is 12.1. The second kappa shape index (κ2) is 5.94. The van der Waals surface area contributed by atoms with Crippen molar-refractivity contribution in [3.05, 3.63) is 46.4 Å². The van der Waals surface area contributed by atoms with E-state index in [9.17, 15) is 26.4 Å². The Kier molecular flexibility index (Phi) is 4.14. The van der Waals surface area contributed by atoms with Crippen LogP contribution < -0.4 is 5.56 Å². The van der Waals surface area contributed by atoms with E-state index in [0.717, 1.165) is 10.6 Å². The average molecular weight is 386 g/mol. The molecule has 3 aromatic heterocycles.